The molecular formula is C25H32N14O4. The second kappa shape index (κ2) is 15.3. The van der Waals surface area contributed by atoms with Gasteiger partial charge in [0.2, 0.25) is 35.7 Å². The van der Waals surface area contributed by atoms with E-state index in [1.54, 1.807) is 36.4 Å². The van der Waals surface area contributed by atoms with Crippen LogP contribution in [-0.4, -0.2) is 83.9 Å². The second-order valence-electron chi connectivity index (χ2n) is 8.73. The molecule has 12 N–H and O–H groups in total. The first-order valence-electron chi connectivity index (χ1n) is 13.1. The normalized spacial score (nSPS) is 10.5. The number of benzene rings is 2. The maximum atomic E-state index is 10.9. The molecule has 0 fully saturated rings. The summed E-state index contributed by atoms with van der Waals surface area (Å²) in [6.45, 7) is 1.73. The number of nitrogens with two attached hydrogens (primary N) is 1. The van der Waals surface area contributed by atoms with E-state index in [1.807, 2.05) is 0 Å². The number of phenols is 2. The number of rotatable bonds is 17. The van der Waals surface area contributed by atoms with Crippen LogP contribution in [0.4, 0.5) is 47.1 Å². The Hall–Kier alpha value is -5.75. The first-order valence-corrected chi connectivity index (χ1v) is 13.1. The van der Waals surface area contributed by atoms with Gasteiger partial charge in [0.25, 0.3) is 0 Å². The van der Waals surface area contributed by atoms with Gasteiger partial charge in [0, 0.05) is 44.5 Å². The van der Waals surface area contributed by atoms with Crippen molar-refractivity contribution in [1.29, 1.82) is 0 Å². The van der Waals surface area contributed by atoms with Gasteiger partial charge < -0.3 is 47.2 Å². The molecular weight excluding hydrogens is 560 g/mol. The predicted molar refractivity (Wildman–Crippen MR) is 161 cm³/mol. The van der Waals surface area contributed by atoms with Crippen molar-refractivity contribution >= 4 is 53.0 Å². The van der Waals surface area contributed by atoms with Gasteiger partial charge in [-0.15, -0.1) is 0 Å². The molecule has 0 unspecified atom stereocenters. The molecule has 226 valence electrons. The molecule has 2 aromatic carbocycles. The highest BCUT2D eigenvalue weighted by atomic mass is 16.4. The Morgan fingerprint density at radius 2 is 1.19 bits per heavy atom. The quantitative estimate of drug-likeness (QED) is 0.0356. The zero-order valence-corrected chi connectivity index (χ0v) is 22.9. The number of nitrogens with zero attached hydrogens (tertiary/aromatic N) is 6. The van der Waals surface area contributed by atoms with Crippen LogP contribution in [0.25, 0.3) is 0 Å². The van der Waals surface area contributed by atoms with Crippen LogP contribution in [0.15, 0.2) is 48.5 Å². The molecule has 0 amide bonds. The Morgan fingerprint density at radius 1 is 0.651 bits per heavy atom. The lowest BCUT2D eigenvalue weighted by Crippen LogP contribution is -2.28. The lowest BCUT2D eigenvalue weighted by molar-refractivity contribution is -0.136. The molecule has 0 saturated heterocycles. The van der Waals surface area contributed by atoms with E-state index in [0.717, 1.165) is 0 Å². The lowest BCUT2D eigenvalue weighted by atomic mass is 10.3. The lowest BCUT2D eigenvalue weighted by Gasteiger charge is -2.13. The molecule has 4 rings (SSSR count). The average Bonchev–Trinajstić information content (AvgIpc) is 2.96. The summed E-state index contributed by atoms with van der Waals surface area (Å²) >= 11 is 0. The number of aliphatic carboxylic acids is 1. The number of carboxylic acid groups (broad SMARTS) is 1. The molecule has 4 aromatic rings. The first kappa shape index (κ1) is 30.2. The van der Waals surface area contributed by atoms with Crippen LogP contribution in [0.3, 0.4) is 0 Å². The minimum Gasteiger partial charge on any atom is -0.508 e. The topological polar surface area (TPSA) is 265 Å². The summed E-state index contributed by atoms with van der Waals surface area (Å²) in [6.07, 6.45) is -0.104. The maximum Gasteiger partial charge on any atom is 0.305 e. The third-order valence-corrected chi connectivity index (χ3v) is 5.39. The van der Waals surface area contributed by atoms with Gasteiger partial charge in [0.1, 0.15) is 11.5 Å². The van der Waals surface area contributed by atoms with Gasteiger partial charge in [-0.3, -0.25) is 16.1 Å². The third-order valence-electron chi connectivity index (χ3n) is 5.39. The average molecular weight is 593 g/mol. The SMILES string of the molecule is NNCCNc1nc(NCCNc2nc(Nc3cccc(O)c3)nc(Nc3ccccc3O)n2)nc(NCCC(=O)O)n1. The summed E-state index contributed by atoms with van der Waals surface area (Å²) in [6, 6.07) is 13.1. The minimum atomic E-state index is -0.948. The Balaban J connectivity index is 1.44. The van der Waals surface area contributed by atoms with Gasteiger partial charge in [0.15, 0.2) is 0 Å². The van der Waals surface area contributed by atoms with E-state index in [4.69, 9.17) is 10.9 Å². The van der Waals surface area contributed by atoms with E-state index >= 15 is 0 Å². The van der Waals surface area contributed by atoms with E-state index < -0.39 is 5.97 Å². The molecule has 0 aliphatic rings. The molecule has 2 aromatic heterocycles. The summed E-state index contributed by atoms with van der Waals surface area (Å²) in [5, 5.41) is 47.0. The molecule has 43 heavy (non-hydrogen) atoms. The number of phenolic OH excluding ortho intramolecular Hbond substituents is 2. The number of nitrogens with one attached hydrogen (secondary N) is 7. The Kier molecular flexibility index (Phi) is 10.8. The molecule has 18 heteroatoms. The van der Waals surface area contributed by atoms with Crippen molar-refractivity contribution in [2.24, 2.45) is 5.84 Å². The van der Waals surface area contributed by atoms with Crippen molar-refractivity contribution < 1.29 is 20.1 Å². The van der Waals surface area contributed by atoms with Crippen molar-refractivity contribution in [3.8, 4) is 11.5 Å². The zero-order valence-electron chi connectivity index (χ0n) is 22.9. The summed E-state index contributed by atoms with van der Waals surface area (Å²) in [4.78, 5) is 36.9. The molecule has 0 saturated carbocycles. The standard InChI is InChI=1S/C25H32N14O4/c26-31-13-12-30-22-35-20(27-9-8-19(42)43)34-21(36-22)28-10-11-29-23-37-24(32-15-4-3-5-16(40)14-15)39-25(38-23)33-17-6-1-2-7-18(17)41/h1-7,14,31,40-41H,8-13,26H2,(H,42,43)(H3,27,28,30,34,35,36)(H3,29,32,33,37,38,39). The van der Waals surface area contributed by atoms with Gasteiger partial charge in [-0.1, -0.05) is 18.2 Å². The summed E-state index contributed by atoms with van der Waals surface area (Å²) < 4.78 is 0. The van der Waals surface area contributed by atoms with E-state index in [0.29, 0.717) is 37.6 Å². The van der Waals surface area contributed by atoms with Crippen molar-refractivity contribution in [2.75, 3.05) is 64.6 Å². The number of carbonyl (C=O) groups is 1. The number of carboxylic acids is 1. The van der Waals surface area contributed by atoms with Crippen molar-refractivity contribution in [3.63, 3.8) is 0 Å². The molecule has 0 bridgehead atoms. The molecule has 0 atom stereocenters. The number of anilines is 8. The largest absolute Gasteiger partial charge is 0.508 e. The van der Waals surface area contributed by atoms with Crippen LogP contribution in [0.1, 0.15) is 6.42 Å². The summed E-state index contributed by atoms with van der Waals surface area (Å²) in [5.74, 6) is 5.75. The highest BCUT2D eigenvalue weighted by Crippen LogP contribution is 2.26. The Bertz CT molecular complexity index is 1510. The van der Waals surface area contributed by atoms with Gasteiger partial charge >= 0.3 is 5.97 Å². The number of aromatic nitrogens is 6. The van der Waals surface area contributed by atoms with Crippen LogP contribution in [0.2, 0.25) is 0 Å². The Labute approximate surface area is 245 Å². The van der Waals surface area contributed by atoms with Crippen LogP contribution in [0, 0.1) is 0 Å². The number of hydrazine groups is 1. The number of aromatic hydroxyl groups is 2. The van der Waals surface area contributed by atoms with Crippen molar-refractivity contribution in [2.45, 2.75) is 6.42 Å². The van der Waals surface area contributed by atoms with Crippen LogP contribution in [0.5, 0.6) is 11.5 Å². The van der Waals surface area contributed by atoms with Crippen LogP contribution < -0.4 is 43.2 Å². The van der Waals surface area contributed by atoms with E-state index in [2.05, 4.69) is 67.2 Å². The van der Waals surface area contributed by atoms with E-state index in [1.165, 1.54) is 12.1 Å². The number of hydrogen-bond acceptors (Lipinski definition) is 17. The fourth-order valence-corrected chi connectivity index (χ4v) is 3.47. The van der Waals surface area contributed by atoms with Gasteiger partial charge in [0.05, 0.1) is 12.1 Å². The Morgan fingerprint density at radius 3 is 1.77 bits per heavy atom. The van der Waals surface area contributed by atoms with Crippen LogP contribution >= 0.6 is 0 Å². The smallest absolute Gasteiger partial charge is 0.305 e. The predicted octanol–water partition coefficient (Wildman–Crippen LogP) is 1.24. The fourth-order valence-electron chi connectivity index (χ4n) is 3.47. The molecule has 0 aliphatic heterocycles. The third kappa shape index (κ3) is 9.99. The minimum absolute atomic E-state index is 0.0198. The molecule has 0 radical (unpaired) electrons. The van der Waals surface area contributed by atoms with Crippen molar-refractivity contribution in [3.05, 3.63) is 48.5 Å². The van der Waals surface area contributed by atoms with E-state index in [-0.39, 0.29) is 60.2 Å². The monoisotopic (exact) mass is 592 g/mol. The van der Waals surface area contributed by atoms with Crippen LogP contribution in [-0.2, 0) is 4.79 Å². The van der Waals surface area contributed by atoms with E-state index in [9.17, 15) is 15.0 Å². The van der Waals surface area contributed by atoms with Gasteiger partial charge in [-0.05, 0) is 24.3 Å². The number of para-hydroxylation sites is 2. The maximum absolute atomic E-state index is 10.9. The first-order chi connectivity index (χ1) is 20.9. The highest BCUT2D eigenvalue weighted by molar-refractivity contribution is 5.67. The zero-order chi connectivity index (χ0) is 30.4. The van der Waals surface area contributed by atoms with Gasteiger partial charge in [-0.25, -0.2) is 0 Å². The molecule has 2 heterocycles. The summed E-state index contributed by atoms with van der Waals surface area (Å²) in [5.41, 5.74) is 3.48. The molecule has 18 nitrogen and oxygen atoms in total. The van der Waals surface area contributed by atoms with Crippen molar-refractivity contribution in [1.82, 2.24) is 35.3 Å². The molecule has 0 aliphatic carbocycles. The number of hydrogen-bond donors (Lipinski definition) is 11. The second-order valence-corrected chi connectivity index (χ2v) is 8.73. The summed E-state index contributed by atoms with van der Waals surface area (Å²) in [7, 11) is 0. The van der Waals surface area contributed by atoms with Gasteiger partial charge in [-0.2, -0.15) is 29.9 Å². The fraction of sp³-hybridized carbons (Fsp3) is 0.240. The highest BCUT2D eigenvalue weighted by Gasteiger charge is 2.11. The molecule has 0 spiro atoms.